The molecule has 1 aliphatic rings. The molecule has 1 rings (SSSR count). The monoisotopic (exact) mass is 145 g/mol. The maximum atomic E-state index is 3.42. The second kappa shape index (κ2) is 5.04. The van der Waals surface area contributed by atoms with E-state index in [9.17, 15) is 0 Å². The summed E-state index contributed by atoms with van der Waals surface area (Å²) < 4.78 is 0. The van der Waals surface area contributed by atoms with Crippen molar-refractivity contribution in [1.82, 2.24) is 0 Å². The van der Waals surface area contributed by atoms with Crippen LogP contribution in [0.5, 0.6) is 0 Å². The molecular formula is C3H4ClN5. The van der Waals surface area contributed by atoms with Crippen molar-refractivity contribution in [3.63, 3.8) is 0 Å². The molecule has 1 aliphatic heterocycles. The highest BCUT2D eigenvalue weighted by atomic mass is 35.5. The van der Waals surface area contributed by atoms with Gasteiger partial charge in [-0.2, -0.15) is 0 Å². The Labute approximate surface area is 57.7 Å². The van der Waals surface area contributed by atoms with Gasteiger partial charge in [-0.3, -0.25) is 0 Å². The number of hydrogen-bond donors (Lipinski definition) is 0. The van der Waals surface area contributed by atoms with E-state index in [1.165, 1.54) is 12.4 Å². The standard InChI is InChI=1S/C3H3N5.ClH/c1-2-4-6-8-7-5-3-1;/h1-3H;1H. The maximum Gasteiger partial charge on any atom is 0.0530 e. The molecule has 0 amide bonds. The molecular weight excluding hydrogens is 142 g/mol. The predicted molar refractivity (Wildman–Crippen MR) is 34.6 cm³/mol. The Bertz CT molecular complexity index is 113. The minimum absolute atomic E-state index is 0. The van der Waals surface area contributed by atoms with E-state index in [-0.39, 0.29) is 12.4 Å². The van der Waals surface area contributed by atoms with Crippen molar-refractivity contribution >= 4 is 18.6 Å². The summed E-state index contributed by atoms with van der Waals surface area (Å²) >= 11 is 0. The average molecular weight is 146 g/mol. The SMILES string of the molecule is C1=CN=NN=NN=C1.Cl. The smallest absolute Gasteiger partial charge is 0.0530 e. The number of nitrogens with zero attached hydrogens (tertiary/aromatic N) is 5. The maximum absolute atomic E-state index is 3.42. The lowest BCUT2D eigenvalue weighted by molar-refractivity contribution is 0.891. The van der Waals surface area contributed by atoms with E-state index in [1.54, 1.807) is 6.08 Å². The minimum Gasteiger partial charge on any atom is -0.147 e. The predicted octanol–water partition coefficient (Wildman–Crippen LogP) is 1.74. The molecule has 1 heterocycles. The van der Waals surface area contributed by atoms with E-state index in [1.807, 2.05) is 0 Å². The van der Waals surface area contributed by atoms with Crippen molar-refractivity contribution in [2.45, 2.75) is 0 Å². The minimum atomic E-state index is 0. The molecule has 6 heteroatoms. The molecule has 0 N–H and O–H groups in total. The highest BCUT2D eigenvalue weighted by Crippen LogP contribution is 1.85. The van der Waals surface area contributed by atoms with Crippen LogP contribution in [0, 0.1) is 0 Å². The van der Waals surface area contributed by atoms with Crippen molar-refractivity contribution < 1.29 is 0 Å². The molecule has 0 saturated heterocycles. The molecule has 0 aromatic rings. The van der Waals surface area contributed by atoms with Gasteiger partial charge in [0.25, 0.3) is 0 Å². The first-order valence-electron chi connectivity index (χ1n) is 1.98. The normalized spacial score (nSPS) is 14.2. The molecule has 0 fully saturated rings. The largest absolute Gasteiger partial charge is 0.147 e. The molecule has 0 spiro atoms. The lowest BCUT2D eigenvalue weighted by atomic mass is 10.7. The Balaban J connectivity index is 0.000000640. The van der Waals surface area contributed by atoms with E-state index < -0.39 is 0 Å². The third-order valence-corrected chi connectivity index (χ3v) is 0.489. The first-order chi connectivity index (χ1) is 4.00. The quantitative estimate of drug-likeness (QED) is 0.499. The fraction of sp³-hybridized carbons (Fsp3) is 0. The van der Waals surface area contributed by atoms with Crippen LogP contribution in [0.4, 0.5) is 0 Å². The van der Waals surface area contributed by atoms with Crippen LogP contribution in [0.2, 0.25) is 0 Å². The van der Waals surface area contributed by atoms with Crippen molar-refractivity contribution in [2.75, 3.05) is 0 Å². The van der Waals surface area contributed by atoms with E-state index in [4.69, 9.17) is 0 Å². The molecule has 0 bridgehead atoms. The number of allylic oxidation sites excluding steroid dienone is 1. The van der Waals surface area contributed by atoms with Gasteiger partial charge in [-0.15, -0.1) is 22.6 Å². The van der Waals surface area contributed by atoms with Gasteiger partial charge in [0.2, 0.25) is 0 Å². The highest BCUT2D eigenvalue weighted by molar-refractivity contribution is 5.85. The zero-order valence-electron chi connectivity index (χ0n) is 4.38. The van der Waals surface area contributed by atoms with Crippen molar-refractivity contribution in [1.29, 1.82) is 0 Å². The second-order valence-corrected chi connectivity index (χ2v) is 0.990. The molecule has 0 unspecified atom stereocenters. The van der Waals surface area contributed by atoms with Gasteiger partial charge < -0.3 is 0 Å². The van der Waals surface area contributed by atoms with E-state index in [0.29, 0.717) is 0 Å². The zero-order valence-corrected chi connectivity index (χ0v) is 5.19. The van der Waals surface area contributed by atoms with Gasteiger partial charge in [0.1, 0.15) is 0 Å². The van der Waals surface area contributed by atoms with Crippen LogP contribution in [-0.4, -0.2) is 6.21 Å². The third kappa shape index (κ3) is 3.48. The second-order valence-electron chi connectivity index (χ2n) is 0.990. The van der Waals surface area contributed by atoms with Crippen LogP contribution in [0.1, 0.15) is 0 Å². The number of hydrogen-bond acceptors (Lipinski definition) is 5. The summed E-state index contributed by atoms with van der Waals surface area (Å²) in [5.41, 5.74) is 0. The van der Waals surface area contributed by atoms with Crippen LogP contribution in [0.15, 0.2) is 38.2 Å². The first kappa shape index (κ1) is 7.90. The summed E-state index contributed by atoms with van der Waals surface area (Å²) in [6.07, 6.45) is 4.56. The fourth-order valence-electron chi connectivity index (χ4n) is 0.239. The van der Waals surface area contributed by atoms with Gasteiger partial charge in [0.05, 0.1) is 12.4 Å². The van der Waals surface area contributed by atoms with Crippen LogP contribution in [-0.2, 0) is 0 Å². The van der Waals surface area contributed by atoms with Crippen LogP contribution in [0.25, 0.3) is 0 Å². The van der Waals surface area contributed by atoms with Gasteiger partial charge >= 0.3 is 0 Å². The average Bonchev–Trinajstić information content (AvgIpc) is 1.62. The fourth-order valence-corrected chi connectivity index (χ4v) is 0.239. The Morgan fingerprint density at radius 2 is 1.89 bits per heavy atom. The van der Waals surface area contributed by atoms with Crippen LogP contribution in [0.3, 0.4) is 0 Å². The molecule has 0 aromatic heterocycles. The first-order valence-corrected chi connectivity index (χ1v) is 1.98. The Kier molecular flexibility index (Phi) is 4.43. The lowest BCUT2D eigenvalue weighted by Gasteiger charge is -1.74. The van der Waals surface area contributed by atoms with E-state index in [0.717, 1.165) is 0 Å². The van der Waals surface area contributed by atoms with Crippen LogP contribution < -0.4 is 0 Å². The number of rotatable bonds is 0. The zero-order chi connectivity index (χ0) is 5.66. The number of halogens is 1. The molecule has 0 saturated carbocycles. The van der Waals surface area contributed by atoms with Gasteiger partial charge in [-0.1, -0.05) is 0 Å². The Morgan fingerprint density at radius 3 is 2.78 bits per heavy atom. The summed E-state index contributed by atoms with van der Waals surface area (Å²) in [7, 11) is 0. The third-order valence-electron chi connectivity index (χ3n) is 0.489. The highest BCUT2D eigenvalue weighted by Gasteiger charge is 1.68. The summed E-state index contributed by atoms with van der Waals surface area (Å²) in [4.78, 5) is 0. The van der Waals surface area contributed by atoms with Gasteiger partial charge in [0.15, 0.2) is 0 Å². The van der Waals surface area contributed by atoms with Crippen molar-refractivity contribution in [3.05, 3.63) is 12.3 Å². The molecule has 9 heavy (non-hydrogen) atoms. The van der Waals surface area contributed by atoms with Gasteiger partial charge in [-0.25, -0.2) is 0 Å². The molecule has 48 valence electrons. The van der Waals surface area contributed by atoms with Crippen molar-refractivity contribution in [3.8, 4) is 0 Å². The summed E-state index contributed by atoms with van der Waals surface area (Å²) in [6.45, 7) is 0. The van der Waals surface area contributed by atoms with Gasteiger partial charge in [-0.05, 0) is 21.7 Å². The lowest BCUT2D eigenvalue weighted by Crippen LogP contribution is -1.62. The Hall–Kier alpha value is -1.10. The summed E-state index contributed by atoms with van der Waals surface area (Å²) in [5, 5.41) is 16.4. The van der Waals surface area contributed by atoms with Crippen LogP contribution >= 0.6 is 12.4 Å². The van der Waals surface area contributed by atoms with E-state index >= 15 is 0 Å². The molecule has 0 atom stereocenters. The summed E-state index contributed by atoms with van der Waals surface area (Å²) in [6, 6.07) is 0. The van der Waals surface area contributed by atoms with Crippen molar-refractivity contribution in [2.24, 2.45) is 25.9 Å². The molecule has 0 aromatic carbocycles. The topological polar surface area (TPSA) is 61.8 Å². The molecule has 0 radical (unpaired) electrons. The molecule has 5 nitrogen and oxygen atoms in total. The van der Waals surface area contributed by atoms with Gasteiger partial charge in [0, 0.05) is 0 Å². The molecule has 0 aliphatic carbocycles. The summed E-state index contributed by atoms with van der Waals surface area (Å²) in [5.74, 6) is 0. The van der Waals surface area contributed by atoms with E-state index in [2.05, 4.69) is 25.9 Å². The Morgan fingerprint density at radius 1 is 1.00 bits per heavy atom.